The van der Waals surface area contributed by atoms with Crippen molar-refractivity contribution in [3.8, 4) is 5.75 Å². The molecular weight excluding hydrogens is 426 g/mol. The summed E-state index contributed by atoms with van der Waals surface area (Å²) in [5.41, 5.74) is -0.379. The van der Waals surface area contributed by atoms with E-state index in [2.05, 4.69) is 5.10 Å². The molecule has 1 amide bonds. The van der Waals surface area contributed by atoms with Gasteiger partial charge in [-0.2, -0.15) is 18.3 Å². The summed E-state index contributed by atoms with van der Waals surface area (Å²) in [6, 6.07) is 12.4. The third kappa shape index (κ3) is 3.74. The lowest BCUT2D eigenvalue weighted by Gasteiger charge is -2.42. The fourth-order valence-corrected chi connectivity index (χ4v) is 4.59. The lowest BCUT2D eigenvalue weighted by molar-refractivity contribution is -0.193. The quantitative estimate of drug-likeness (QED) is 0.644. The lowest BCUT2D eigenvalue weighted by atomic mass is 9.71. The van der Waals surface area contributed by atoms with E-state index in [1.54, 1.807) is 30.3 Å². The van der Waals surface area contributed by atoms with E-state index in [0.29, 0.717) is 29.3 Å². The predicted octanol–water partition coefficient (Wildman–Crippen LogP) is 4.18. The molecule has 32 heavy (non-hydrogen) atoms. The molecule has 2 heterocycles. The van der Waals surface area contributed by atoms with Gasteiger partial charge in [-0.05, 0) is 57.2 Å². The van der Waals surface area contributed by atoms with Gasteiger partial charge in [0.25, 0.3) is 0 Å². The molecule has 2 aliphatic heterocycles. The van der Waals surface area contributed by atoms with Crippen LogP contribution in [0.2, 0.25) is 0 Å². The summed E-state index contributed by atoms with van der Waals surface area (Å²) < 4.78 is 60.9. The molecule has 0 fully saturated rings. The largest absolute Gasteiger partial charge is 0.492 e. The van der Waals surface area contributed by atoms with Crippen LogP contribution in [0.1, 0.15) is 24.0 Å². The Balaban J connectivity index is 1.90. The van der Waals surface area contributed by atoms with Gasteiger partial charge in [-0.25, -0.2) is 9.40 Å². The summed E-state index contributed by atoms with van der Waals surface area (Å²) in [6.07, 6.45) is -4.38. The number of benzene rings is 2. The molecule has 0 saturated carbocycles. The van der Waals surface area contributed by atoms with Crippen LogP contribution in [0, 0.1) is 11.7 Å². The fraction of sp³-hybridized carbons (Fsp3) is 0.391. The zero-order valence-electron chi connectivity index (χ0n) is 17.7. The van der Waals surface area contributed by atoms with Gasteiger partial charge < -0.3 is 9.64 Å². The Bertz CT molecular complexity index is 1040. The zero-order chi connectivity index (χ0) is 23.1. The molecule has 4 rings (SSSR count). The number of hydrazone groups is 1. The highest BCUT2D eigenvalue weighted by molar-refractivity contribution is 6.08. The summed E-state index contributed by atoms with van der Waals surface area (Å²) in [6.45, 7) is 0.632. The van der Waals surface area contributed by atoms with Crippen molar-refractivity contribution in [3.05, 3.63) is 65.5 Å². The van der Waals surface area contributed by atoms with E-state index >= 15 is 0 Å². The molecule has 0 radical (unpaired) electrons. The van der Waals surface area contributed by atoms with Crippen LogP contribution in [0.5, 0.6) is 5.75 Å². The maximum Gasteiger partial charge on any atom is 0.473 e. The van der Waals surface area contributed by atoms with E-state index in [0.717, 1.165) is 0 Å². The first kappa shape index (κ1) is 22.3. The molecule has 0 bridgehead atoms. The van der Waals surface area contributed by atoms with E-state index in [-0.39, 0.29) is 24.3 Å². The molecular formula is C23H23F4N3O2. The highest BCUT2D eigenvalue weighted by atomic mass is 19.4. The highest BCUT2D eigenvalue weighted by Crippen LogP contribution is 2.50. The number of rotatable bonds is 5. The summed E-state index contributed by atoms with van der Waals surface area (Å²) in [4.78, 5) is 14.6. The van der Waals surface area contributed by atoms with Crippen LogP contribution >= 0.6 is 0 Å². The standard InChI is InChI=1S/C23H23F4N3O2/c1-29(2)12-6-11-22(15-7-4-3-5-8-15)18-14-32-19-10-9-16(24)13-17(19)20(18)28-30(22)21(31)23(25,26)27/h3-5,7-10,13,18H,6,11-12,14H2,1-2H3. The van der Waals surface area contributed by atoms with Crippen molar-refractivity contribution in [1.29, 1.82) is 0 Å². The molecule has 0 N–H and O–H groups in total. The van der Waals surface area contributed by atoms with Crippen molar-refractivity contribution in [2.24, 2.45) is 11.0 Å². The molecule has 2 aliphatic rings. The first-order valence-electron chi connectivity index (χ1n) is 10.3. The van der Waals surface area contributed by atoms with Gasteiger partial charge >= 0.3 is 12.1 Å². The Labute approximate surface area is 183 Å². The van der Waals surface area contributed by atoms with Crippen LogP contribution < -0.4 is 4.74 Å². The summed E-state index contributed by atoms with van der Waals surface area (Å²) in [5, 5.41) is 4.78. The minimum Gasteiger partial charge on any atom is -0.492 e. The molecule has 5 nitrogen and oxygen atoms in total. The van der Waals surface area contributed by atoms with Gasteiger partial charge in [-0.3, -0.25) is 4.79 Å². The molecule has 2 atom stereocenters. The van der Waals surface area contributed by atoms with Gasteiger partial charge in [0.2, 0.25) is 0 Å². The molecule has 2 aromatic rings. The lowest BCUT2D eigenvalue weighted by Crippen LogP contribution is -2.54. The average Bonchev–Trinajstić information content (AvgIpc) is 3.08. The molecule has 2 unspecified atom stereocenters. The first-order chi connectivity index (χ1) is 15.1. The van der Waals surface area contributed by atoms with Crippen molar-refractivity contribution < 1.29 is 27.1 Å². The van der Waals surface area contributed by atoms with Crippen molar-refractivity contribution >= 4 is 11.6 Å². The fourth-order valence-electron chi connectivity index (χ4n) is 4.59. The number of halogens is 4. The Morgan fingerprint density at radius 3 is 2.59 bits per heavy atom. The second-order valence-electron chi connectivity index (χ2n) is 8.30. The number of carbonyl (C=O) groups excluding carboxylic acids is 1. The average molecular weight is 449 g/mol. The van der Waals surface area contributed by atoms with E-state index in [1.807, 2.05) is 19.0 Å². The Morgan fingerprint density at radius 1 is 1.22 bits per heavy atom. The molecule has 0 saturated heterocycles. The Hall–Kier alpha value is -2.94. The number of carbonyl (C=O) groups is 1. The minimum absolute atomic E-state index is 0.0238. The van der Waals surface area contributed by atoms with Crippen LogP contribution in [0.25, 0.3) is 0 Å². The molecule has 0 spiro atoms. The van der Waals surface area contributed by atoms with Crippen LogP contribution in [0.3, 0.4) is 0 Å². The van der Waals surface area contributed by atoms with Crippen molar-refractivity contribution in [2.75, 3.05) is 27.2 Å². The smallest absolute Gasteiger partial charge is 0.473 e. The van der Waals surface area contributed by atoms with Gasteiger partial charge in [-0.1, -0.05) is 30.3 Å². The van der Waals surface area contributed by atoms with Gasteiger partial charge in [0, 0.05) is 5.56 Å². The van der Waals surface area contributed by atoms with Crippen LogP contribution in [-0.2, 0) is 10.3 Å². The number of hydrogen-bond donors (Lipinski definition) is 0. The number of nitrogens with zero attached hydrogens (tertiary/aromatic N) is 3. The SMILES string of the molecule is CN(C)CCCC1(c2ccccc2)C2COc3ccc(F)cc3C2=NN1C(=O)C(F)(F)F. The number of ether oxygens (including phenoxy) is 1. The monoisotopic (exact) mass is 449 g/mol. The second-order valence-corrected chi connectivity index (χ2v) is 8.30. The zero-order valence-corrected chi connectivity index (χ0v) is 17.7. The molecule has 170 valence electrons. The molecule has 9 heteroatoms. The minimum atomic E-state index is -5.12. The third-order valence-electron chi connectivity index (χ3n) is 5.99. The van der Waals surface area contributed by atoms with Gasteiger partial charge in [0.15, 0.2) is 0 Å². The van der Waals surface area contributed by atoms with Gasteiger partial charge in [0.1, 0.15) is 17.1 Å². The van der Waals surface area contributed by atoms with Crippen LogP contribution in [0.4, 0.5) is 17.6 Å². The van der Waals surface area contributed by atoms with Crippen molar-refractivity contribution in [1.82, 2.24) is 9.91 Å². The van der Waals surface area contributed by atoms with Crippen molar-refractivity contribution in [3.63, 3.8) is 0 Å². The molecule has 0 aromatic heterocycles. The molecule has 0 aliphatic carbocycles. The topological polar surface area (TPSA) is 45.1 Å². The third-order valence-corrected chi connectivity index (χ3v) is 5.99. The number of hydrogen-bond acceptors (Lipinski definition) is 4. The maximum absolute atomic E-state index is 14.0. The summed E-state index contributed by atoms with van der Waals surface area (Å²) in [5.74, 6) is -2.97. The van der Waals surface area contributed by atoms with E-state index < -0.39 is 29.4 Å². The Morgan fingerprint density at radius 2 is 1.94 bits per heavy atom. The van der Waals surface area contributed by atoms with Crippen LogP contribution in [0.15, 0.2) is 53.6 Å². The number of fused-ring (bicyclic) bond motifs is 3. The van der Waals surface area contributed by atoms with Crippen LogP contribution in [-0.4, -0.2) is 55.0 Å². The number of alkyl halides is 3. The first-order valence-corrected chi connectivity index (χ1v) is 10.3. The number of amides is 1. The summed E-state index contributed by atoms with van der Waals surface area (Å²) >= 11 is 0. The van der Waals surface area contributed by atoms with Gasteiger partial charge in [-0.15, -0.1) is 0 Å². The van der Waals surface area contributed by atoms with E-state index in [1.165, 1.54) is 18.2 Å². The maximum atomic E-state index is 14.0. The highest BCUT2D eigenvalue weighted by Gasteiger charge is 2.60. The normalized spacial score (nSPS) is 22.3. The van der Waals surface area contributed by atoms with Crippen molar-refractivity contribution in [2.45, 2.75) is 24.6 Å². The van der Waals surface area contributed by atoms with E-state index in [9.17, 15) is 22.4 Å². The summed E-state index contributed by atoms with van der Waals surface area (Å²) in [7, 11) is 3.74. The van der Waals surface area contributed by atoms with E-state index in [4.69, 9.17) is 4.74 Å². The second kappa shape index (κ2) is 8.20. The van der Waals surface area contributed by atoms with Gasteiger partial charge in [0.05, 0.1) is 18.2 Å². The Kier molecular flexibility index (Phi) is 5.70. The molecule has 2 aromatic carbocycles. The predicted molar refractivity (Wildman–Crippen MR) is 111 cm³/mol.